The Morgan fingerprint density at radius 1 is 0.895 bits per heavy atom. The molecule has 19 heavy (non-hydrogen) atoms. The van der Waals surface area contributed by atoms with Crippen molar-refractivity contribution in [2.45, 2.75) is 6.42 Å². The molecule has 0 spiro atoms. The van der Waals surface area contributed by atoms with Crippen molar-refractivity contribution < 1.29 is 22.4 Å². The summed E-state index contributed by atoms with van der Waals surface area (Å²) < 4.78 is 52.0. The van der Waals surface area contributed by atoms with Gasteiger partial charge in [0.25, 0.3) is 0 Å². The van der Waals surface area contributed by atoms with E-state index < -0.39 is 34.6 Å². The molecule has 0 amide bonds. The minimum absolute atomic E-state index is 0.188. The highest BCUT2D eigenvalue weighted by molar-refractivity contribution is 5.97. The number of benzene rings is 2. The van der Waals surface area contributed by atoms with Crippen LogP contribution in [0.5, 0.6) is 0 Å². The quantitative estimate of drug-likeness (QED) is 0.613. The number of carbonyl (C=O) groups is 1. The largest absolute Gasteiger partial charge is 0.294 e. The molecule has 2 rings (SSSR count). The maximum atomic E-state index is 13.4. The van der Waals surface area contributed by atoms with Crippen molar-refractivity contribution in [3.8, 4) is 0 Å². The van der Waals surface area contributed by atoms with E-state index in [2.05, 4.69) is 0 Å². The molecule has 1 nitrogen and oxygen atoms in total. The lowest BCUT2D eigenvalue weighted by Gasteiger charge is -2.04. The van der Waals surface area contributed by atoms with E-state index in [1.54, 1.807) is 0 Å². The summed E-state index contributed by atoms with van der Waals surface area (Å²) in [4.78, 5) is 11.8. The van der Waals surface area contributed by atoms with Gasteiger partial charge in [0.1, 0.15) is 0 Å². The van der Waals surface area contributed by atoms with Gasteiger partial charge in [0, 0.05) is 6.42 Å². The fourth-order valence-corrected chi connectivity index (χ4v) is 1.65. The molecule has 0 fully saturated rings. The minimum atomic E-state index is -1.24. The lowest BCUT2D eigenvalue weighted by molar-refractivity contribution is 0.0988. The highest BCUT2D eigenvalue weighted by atomic mass is 19.2. The summed E-state index contributed by atoms with van der Waals surface area (Å²) in [7, 11) is 0. The van der Waals surface area contributed by atoms with E-state index in [0.29, 0.717) is 0 Å². The monoisotopic (exact) mass is 268 g/mol. The molecule has 0 unspecified atom stereocenters. The first kappa shape index (κ1) is 13.3. The minimum Gasteiger partial charge on any atom is -0.294 e. The number of hydrogen-bond donors (Lipinski definition) is 0. The zero-order chi connectivity index (χ0) is 14.0. The van der Waals surface area contributed by atoms with Gasteiger partial charge in [0.15, 0.2) is 29.1 Å². The van der Waals surface area contributed by atoms with Gasteiger partial charge in [-0.25, -0.2) is 17.6 Å². The van der Waals surface area contributed by atoms with E-state index in [1.165, 1.54) is 12.1 Å². The van der Waals surface area contributed by atoms with Crippen molar-refractivity contribution in [2.24, 2.45) is 0 Å². The Morgan fingerprint density at radius 2 is 1.63 bits per heavy atom. The molecule has 0 N–H and O–H groups in total. The fraction of sp³-hybridized carbons (Fsp3) is 0.0714. The lowest BCUT2D eigenvalue weighted by atomic mass is 10.0. The molecular weight excluding hydrogens is 260 g/mol. The van der Waals surface area contributed by atoms with Crippen molar-refractivity contribution in [3.05, 3.63) is 70.8 Å². The number of carbonyl (C=O) groups excluding carboxylic acids is 1. The fourth-order valence-electron chi connectivity index (χ4n) is 1.65. The average Bonchev–Trinajstić information content (AvgIpc) is 2.37. The third-order valence-electron chi connectivity index (χ3n) is 2.60. The second-order valence-corrected chi connectivity index (χ2v) is 3.95. The zero-order valence-electron chi connectivity index (χ0n) is 9.59. The summed E-state index contributed by atoms with van der Waals surface area (Å²) >= 11 is 0. The van der Waals surface area contributed by atoms with Gasteiger partial charge in [-0.15, -0.1) is 0 Å². The first-order valence-electron chi connectivity index (χ1n) is 5.40. The molecule has 98 valence electrons. The molecule has 0 aliphatic rings. The topological polar surface area (TPSA) is 17.1 Å². The maximum Gasteiger partial charge on any atom is 0.170 e. The van der Waals surface area contributed by atoms with Crippen LogP contribution < -0.4 is 0 Å². The van der Waals surface area contributed by atoms with Gasteiger partial charge >= 0.3 is 0 Å². The van der Waals surface area contributed by atoms with E-state index in [0.717, 1.165) is 24.3 Å². The predicted molar refractivity (Wildman–Crippen MR) is 60.8 cm³/mol. The predicted octanol–water partition coefficient (Wildman–Crippen LogP) is 3.67. The summed E-state index contributed by atoms with van der Waals surface area (Å²) in [6.07, 6.45) is -0.336. The van der Waals surface area contributed by atoms with Crippen LogP contribution >= 0.6 is 0 Å². The normalized spacial score (nSPS) is 10.5. The molecule has 0 saturated carbocycles. The Hall–Kier alpha value is -2.17. The first-order valence-corrected chi connectivity index (χ1v) is 5.40. The van der Waals surface area contributed by atoms with E-state index in [-0.39, 0.29) is 12.0 Å². The van der Waals surface area contributed by atoms with Crippen LogP contribution in [-0.4, -0.2) is 5.78 Å². The zero-order valence-corrected chi connectivity index (χ0v) is 9.59. The second kappa shape index (κ2) is 5.22. The Kier molecular flexibility index (Phi) is 3.64. The highest BCUT2D eigenvalue weighted by Gasteiger charge is 2.16. The van der Waals surface area contributed by atoms with E-state index in [9.17, 15) is 22.4 Å². The molecule has 5 heteroatoms. The van der Waals surface area contributed by atoms with Crippen LogP contribution in [0.3, 0.4) is 0 Å². The average molecular weight is 268 g/mol. The Balaban J connectivity index is 2.26. The molecule has 0 heterocycles. The molecule has 0 saturated heterocycles. The third-order valence-corrected chi connectivity index (χ3v) is 2.60. The number of ketones is 1. The van der Waals surface area contributed by atoms with Gasteiger partial charge in [-0.1, -0.05) is 12.1 Å². The van der Waals surface area contributed by atoms with Gasteiger partial charge < -0.3 is 0 Å². The smallest absolute Gasteiger partial charge is 0.170 e. The maximum absolute atomic E-state index is 13.4. The number of hydrogen-bond acceptors (Lipinski definition) is 1. The molecule has 0 aliphatic carbocycles. The molecule has 0 aromatic heterocycles. The number of rotatable bonds is 3. The summed E-state index contributed by atoms with van der Waals surface area (Å²) in [6, 6.07) is 6.18. The summed E-state index contributed by atoms with van der Waals surface area (Å²) in [6.45, 7) is 0. The molecule has 0 aliphatic heterocycles. The Morgan fingerprint density at radius 3 is 2.32 bits per heavy atom. The van der Waals surface area contributed by atoms with Gasteiger partial charge in [0.2, 0.25) is 0 Å². The van der Waals surface area contributed by atoms with Crippen LogP contribution in [0.4, 0.5) is 17.6 Å². The van der Waals surface area contributed by atoms with Gasteiger partial charge in [-0.2, -0.15) is 0 Å². The van der Waals surface area contributed by atoms with Crippen LogP contribution in [0.2, 0.25) is 0 Å². The summed E-state index contributed by atoms with van der Waals surface area (Å²) in [5, 5.41) is 0. The van der Waals surface area contributed by atoms with Crippen molar-refractivity contribution in [1.82, 2.24) is 0 Å². The third kappa shape index (κ3) is 2.81. The van der Waals surface area contributed by atoms with E-state index in [4.69, 9.17) is 0 Å². The van der Waals surface area contributed by atoms with Crippen molar-refractivity contribution >= 4 is 5.78 Å². The van der Waals surface area contributed by atoms with Gasteiger partial charge in [-0.05, 0) is 29.8 Å². The van der Waals surface area contributed by atoms with Crippen molar-refractivity contribution in [2.75, 3.05) is 0 Å². The molecule has 2 aromatic carbocycles. The molecule has 0 atom stereocenters. The van der Waals surface area contributed by atoms with Gasteiger partial charge in [0.05, 0.1) is 5.56 Å². The standard InChI is InChI=1S/C14H8F4O/c15-10-5-4-8(6-12(10)17)7-13(19)9-2-1-3-11(16)14(9)18/h1-6H,7H2. The van der Waals surface area contributed by atoms with Crippen molar-refractivity contribution in [3.63, 3.8) is 0 Å². The van der Waals surface area contributed by atoms with E-state index in [1.807, 2.05) is 0 Å². The Labute approximate surface area is 106 Å². The lowest BCUT2D eigenvalue weighted by Crippen LogP contribution is -2.08. The molecule has 2 aromatic rings. The Bertz CT molecular complexity index is 637. The van der Waals surface area contributed by atoms with Crippen molar-refractivity contribution in [1.29, 1.82) is 0 Å². The van der Waals surface area contributed by atoms with Gasteiger partial charge in [-0.3, -0.25) is 4.79 Å². The molecular formula is C14H8F4O. The SMILES string of the molecule is O=C(Cc1ccc(F)c(F)c1)c1cccc(F)c1F. The highest BCUT2D eigenvalue weighted by Crippen LogP contribution is 2.16. The number of Topliss-reactive ketones (excluding diaryl/α,β-unsaturated/α-hetero) is 1. The summed E-state index contributed by atoms with van der Waals surface area (Å²) in [5.74, 6) is -5.20. The first-order chi connectivity index (χ1) is 8.99. The van der Waals surface area contributed by atoms with Crippen LogP contribution in [0.1, 0.15) is 15.9 Å². The van der Waals surface area contributed by atoms with Crippen LogP contribution in [0, 0.1) is 23.3 Å². The van der Waals surface area contributed by atoms with Crippen LogP contribution in [-0.2, 0) is 6.42 Å². The molecule has 0 bridgehead atoms. The van der Waals surface area contributed by atoms with Crippen LogP contribution in [0.25, 0.3) is 0 Å². The van der Waals surface area contributed by atoms with E-state index >= 15 is 0 Å². The molecule has 0 radical (unpaired) electrons. The summed E-state index contributed by atoms with van der Waals surface area (Å²) in [5.41, 5.74) is -0.225. The second-order valence-electron chi connectivity index (χ2n) is 3.95. The number of halogens is 4. The van der Waals surface area contributed by atoms with Crippen LogP contribution in [0.15, 0.2) is 36.4 Å².